The van der Waals surface area contributed by atoms with Crippen molar-refractivity contribution in [2.24, 2.45) is 0 Å². The number of benzene rings is 1. The summed E-state index contributed by atoms with van der Waals surface area (Å²) in [5.74, 6) is -0.898. The maximum absolute atomic E-state index is 12.8. The molecule has 0 saturated carbocycles. The molecule has 0 radical (unpaired) electrons. The maximum atomic E-state index is 12.8. The number of rotatable bonds is 6. The first-order valence-electron chi connectivity index (χ1n) is 7.60. The summed E-state index contributed by atoms with van der Waals surface area (Å²) >= 11 is 0. The fraction of sp³-hybridized carbons (Fsp3) is 0.467. The molecule has 1 aromatic rings. The van der Waals surface area contributed by atoms with Crippen molar-refractivity contribution in [1.29, 1.82) is 0 Å². The summed E-state index contributed by atoms with van der Waals surface area (Å²) in [6, 6.07) is 5.05. The highest BCUT2D eigenvalue weighted by Crippen LogP contribution is 2.10. The van der Waals surface area contributed by atoms with E-state index < -0.39 is 9.84 Å². The molecule has 0 spiro atoms. The van der Waals surface area contributed by atoms with Gasteiger partial charge in [0.15, 0.2) is 22.9 Å². The minimum absolute atomic E-state index is 0.0250. The molecule has 9 heteroatoms. The van der Waals surface area contributed by atoms with Crippen LogP contribution in [0, 0.1) is 5.82 Å². The molecule has 2 atom stereocenters. The van der Waals surface area contributed by atoms with Crippen LogP contribution in [-0.4, -0.2) is 57.9 Å². The van der Waals surface area contributed by atoms with Gasteiger partial charge in [-0.15, -0.1) is 0 Å². The van der Waals surface area contributed by atoms with E-state index in [1.165, 1.54) is 24.3 Å². The zero-order valence-electron chi connectivity index (χ0n) is 13.3. The van der Waals surface area contributed by atoms with E-state index in [0.29, 0.717) is 17.0 Å². The van der Waals surface area contributed by atoms with Crippen LogP contribution in [-0.2, 0) is 19.4 Å². The van der Waals surface area contributed by atoms with Gasteiger partial charge in [-0.2, -0.15) is 0 Å². The molecule has 2 amide bonds. The highest BCUT2D eigenvalue weighted by Gasteiger charge is 2.29. The number of sulfone groups is 1. The fourth-order valence-corrected chi connectivity index (χ4v) is 4.21. The molecule has 1 aliphatic heterocycles. The van der Waals surface area contributed by atoms with Crippen LogP contribution >= 0.6 is 0 Å². The van der Waals surface area contributed by atoms with Crippen molar-refractivity contribution in [3.05, 3.63) is 30.1 Å². The normalized spacial score (nSPS) is 20.3. The predicted octanol–water partition coefficient (Wildman–Crippen LogP) is -1.42. The van der Waals surface area contributed by atoms with Crippen LogP contribution in [0.25, 0.3) is 0 Å². The third-order valence-electron chi connectivity index (χ3n) is 3.65. The van der Waals surface area contributed by atoms with Crippen molar-refractivity contribution < 1.29 is 27.3 Å². The lowest BCUT2D eigenvalue weighted by Crippen LogP contribution is -3.11. The maximum Gasteiger partial charge on any atom is 0.279 e. The van der Waals surface area contributed by atoms with Crippen LogP contribution in [0.4, 0.5) is 10.1 Å². The Balaban J connectivity index is 1.73. The molecular weight excluding hydrogens is 337 g/mol. The van der Waals surface area contributed by atoms with Crippen molar-refractivity contribution in [2.75, 3.05) is 37.0 Å². The lowest BCUT2D eigenvalue weighted by atomic mass is 10.2. The average molecular weight is 358 g/mol. The van der Waals surface area contributed by atoms with Gasteiger partial charge in [0.1, 0.15) is 5.82 Å². The molecule has 0 aliphatic carbocycles. The molecule has 0 aromatic heterocycles. The number of nitrogens with one attached hydrogen (secondary N) is 3. The Morgan fingerprint density at radius 3 is 2.42 bits per heavy atom. The molecule has 1 fully saturated rings. The van der Waals surface area contributed by atoms with Crippen molar-refractivity contribution in [2.45, 2.75) is 12.5 Å². The Hall–Kier alpha value is -2.00. The van der Waals surface area contributed by atoms with Crippen LogP contribution in [0.2, 0.25) is 0 Å². The fourth-order valence-electron chi connectivity index (χ4n) is 2.54. The van der Waals surface area contributed by atoms with E-state index in [4.69, 9.17) is 0 Å². The van der Waals surface area contributed by atoms with Gasteiger partial charge in [-0.1, -0.05) is 0 Å². The summed E-state index contributed by atoms with van der Waals surface area (Å²) in [4.78, 5) is 24.4. The van der Waals surface area contributed by atoms with Crippen molar-refractivity contribution in [3.63, 3.8) is 0 Å². The standard InChI is InChI=1S/C15H20FN3O4S/c1-19(8-14(20)17-12-4-2-11(16)3-5-12)9-15(21)18-13-6-7-24(22,23)10-13/h2-5,13H,6-10H2,1H3,(H,17,20)(H,18,21)/p+1/t13-/m0/s1. The topological polar surface area (TPSA) is 96.8 Å². The third kappa shape index (κ3) is 5.89. The van der Waals surface area contributed by atoms with E-state index in [0.717, 1.165) is 0 Å². The van der Waals surface area contributed by atoms with Gasteiger partial charge in [0.05, 0.1) is 18.6 Å². The SMILES string of the molecule is C[NH+](CC(=O)Nc1ccc(F)cc1)CC(=O)N[C@H]1CCS(=O)(=O)C1. The summed E-state index contributed by atoms with van der Waals surface area (Å²) in [7, 11) is -1.35. The highest BCUT2D eigenvalue weighted by molar-refractivity contribution is 7.91. The molecule has 1 aromatic carbocycles. The Morgan fingerprint density at radius 2 is 1.83 bits per heavy atom. The second-order valence-corrected chi connectivity index (χ2v) is 8.26. The van der Waals surface area contributed by atoms with Crippen molar-refractivity contribution in [3.8, 4) is 0 Å². The molecular formula is C15H21FN3O4S+. The third-order valence-corrected chi connectivity index (χ3v) is 5.42. The number of anilines is 1. The summed E-state index contributed by atoms with van der Waals surface area (Å²) < 4.78 is 35.5. The van der Waals surface area contributed by atoms with E-state index in [9.17, 15) is 22.4 Å². The smallest absolute Gasteiger partial charge is 0.279 e. The van der Waals surface area contributed by atoms with E-state index in [2.05, 4.69) is 10.6 Å². The minimum atomic E-state index is -3.04. The zero-order valence-corrected chi connectivity index (χ0v) is 14.2. The monoisotopic (exact) mass is 358 g/mol. The van der Waals surface area contributed by atoms with Gasteiger partial charge in [-0.25, -0.2) is 12.8 Å². The largest absolute Gasteiger partial charge is 0.347 e. The number of carbonyl (C=O) groups is 2. The molecule has 3 N–H and O–H groups in total. The number of halogens is 1. The van der Waals surface area contributed by atoms with Crippen molar-refractivity contribution in [1.82, 2.24) is 5.32 Å². The molecule has 24 heavy (non-hydrogen) atoms. The molecule has 1 heterocycles. The summed E-state index contributed by atoms with van der Waals surface area (Å²) in [6.07, 6.45) is 0.429. The van der Waals surface area contributed by atoms with E-state index in [-0.39, 0.29) is 48.3 Å². The molecule has 0 bridgehead atoms. The van der Waals surface area contributed by atoms with Crippen LogP contribution in [0.5, 0.6) is 0 Å². The van der Waals surface area contributed by atoms with Gasteiger partial charge >= 0.3 is 0 Å². The van der Waals surface area contributed by atoms with Crippen LogP contribution in [0.1, 0.15) is 6.42 Å². The molecule has 1 aliphatic rings. The Labute approximate surface area is 140 Å². The van der Waals surface area contributed by atoms with Crippen LogP contribution < -0.4 is 15.5 Å². The first kappa shape index (κ1) is 18.3. The second kappa shape index (κ2) is 7.71. The second-order valence-electron chi connectivity index (χ2n) is 6.03. The Morgan fingerprint density at radius 1 is 1.21 bits per heavy atom. The number of quaternary nitrogens is 1. The number of amides is 2. The van der Waals surface area contributed by atoms with Gasteiger partial charge in [0.2, 0.25) is 0 Å². The molecule has 7 nitrogen and oxygen atoms in total. The average Bonchev–Trinajstić information content (AvgIpc) is 2.79. The predicted molar refractivity (Wildman–Crippen MR) is 86.9 cm³/mol. The van der Waals surface area contributed by atoms with E-state index >= 15 is 0 Å². The Kier molecular flexibility index (Phi) is 5.89. The first-order chi connectivity index (χ1) is 11.2. The molecule has 2 rings (SSSR count). The van der Waals surface area contributed by atoms with Gasteiger partial charge in [0, 0.05) is 11.7 Å². The van der Waals surface area contributed by atoms with Crippen LogP contribution in [0.3, 0.4) is 0 Å². The molecule has 1 unspecified atom stereocenters. The lowest BCUT2D eigenvalue weighted by Gasteiger charge is -2.15. The van der Waals surface area contributed by atoms with E-state index in [1.54, 1.807) is 7.05 Å². The number of hydrogen-bond donors (Lipinski definition) is 3. The quantitative estimate of drug-likeness (QED) is 0.582. The first-order valence-corrected chi connectivity index (χ1v) is 9.42. The Bertz CT molecular complexity index is 706. The zero-order chi connectivity index (χ0) is 17.7. The lowest BCUT2D eigenvalue weighted by molar-refractivity contribution is -0.862. The summed E-state index contributed by atoms with van der Waals surface area (Å²) in [5.41, 5.74) is 0.481. The molecule has 132 valence electrons. The highest BCUT2D eigenvalue weighted by atomic mass is 32.2. The number of likely N-dealkylation sites (N-methyl/N-ethyl adjacent to an activating group) is 1. The van der Waals surface area contributed by atoms with Crippen LogP contribution in [0.15, 0.2) is 24.3 Å². The van der Waals surface area contributed by atoms with Gasteiger partial charge in [-0.3, -0.25) is 9.59 Å². The number of hydrogen-bond acceptors (Lipinski definition) is 4. The number of carbonyl (C=O) groups excluding carboxylic acids is 2. The minimum Gasteiger partial charge on any atom is -0.347 e. The van der Waals surface area contributed by atoms with Crippen molar-refractivity contribution >= 4 is 27.3 Å². The van der Waals surface area contributed by atoms with E-state index in [1.807, 2.05) is 0 Å². The van der Waals surface area contributed by atoms with Gasteiger partial charge in [-0.05, 0) is 30.7 Å². The molecule has 1 saturated heterocycles. The van der Waals surface area contributed by atoms with Gasteiger partial charge in [0.25, 0.3) is 11.8 Å². The summed E-state index contributed by atoms with van der Waals surface area (Å²) in [6.45, 7) is 0.126. The van der Waals surface area contributed by atoms with Gasteiger partial charge < -0.3 is 15.5 Å². The summed E-state index contributed by atoms with van der Waals surface area (Å²) in [5, 5.41) is 5.30.